The number of pyridine rings is 1. The molecule has 0 atom stereocenters. The van der Waals surface area contributed by atoms with E-state index in [1.807, 2.05) is 24.4 Å². The van der Waals surface area contributed by atoms with Gasteiger partial charge in [-0.3, -0.25) is 9.88 Å². The minimum atomic E-state index is -0.0839. The topological polar surface area (TPSA) is 82.4 Å². The Labute approximate surface area is 145 Å². The number of phenolic OH excluding ortho intramolecular Hbond substituents is 2. The van der Waals surface area contributed by atoms with Crippen molar-refractivity contribution in [1.29, 1.82) is 0 Å². The second-order valence-corrected chi connectivity index (χ2v) is 6.15. The predicted molar refractivity (Wildman–Crippen MR) is 92.9 cm³/mol. The molecule has 6 heteroatoms. The van der Waals surface area contributed by atoms with Gasteiger partial charge in [0.05, 0.1) is 5.69 Å². The Balaban J connectivity index is 1.53. The summed E-state index contributed by atoms with van der Waals surface area (Å²) < 4.78 is 0. The molecular weight excluding hydrogens is 316 g/mol. The Hall–Kier alpha value is -2.99. The molecule has 1 aliphatic heterocycles. The highest BCUT2D eigenvalue weighted by Gasteiger charge is 2.20. The minimum absolute atomic E-state index is 0.0449. The van der Waals surface area contributed by atoms with Gasteiger partial charge in [-0.1, -0.05) is 12.1 Å². The molecule has 2 aromatic heterocycles. The monoisotopic (exact) mass is 334 g/mol. The van der Waals surface area contributed by atoms with Crippen molar-refractivity contribution < 1.29 is 10.2 Å². The molecule has 25 heavy (non-hydrogen) atoms. The van der Waals surface area contributed by atoms with Crippen molar-refractivity contribution in [3.63, 3.8) is 0 Å². The molecule has 0 radical (unpaired) electrons. The third-order valence-electron chi connectivity index (χ3n) is 4.42. The molecule has 3 aromatic rings. The molecule has 0 unspecified atom stereocenters. The summed E-state index contributed by atoms with van der Waals surface area (Å²) >= 11 is 0. The maximum absolute atomic E-state index is 9.98. The third kappa shape index (κ3) is 3.16. The first-order valence-electron chi connectivity index (χ1n) is 8.18. The minimum Gasteiger partial charge on any atom is -0.504 e. The Kier molecular flexibility index (Phi) is 4.03. The molecule has 0 saturated heterocycles. The van der Waals surface area contributed by atoms with Gasteiger partial charge < -0.3 is 10.2 Å². The lowest BCUT2D eigenvalue weighted by Crippen LogP contribution is -2.31. The molecule has 0 aliphatic carbocycles. The van der Waals surface area contributed by atoms with Crippen molar-refractivity contribution in [3.8, 4) is 22.9 Å². The number of hydrogen-bond acceptors (Lipinski definition) is 6. The van der Waals surface area contributed by atoms with Crippen molar-refractivity contribution in [2.75, 3.05) is 6.54 Å². The van der Waals surface area contributed by atoms with Crippen molar-refractivity contribution in [2.45, 2.75) is 19.5 Å². The zero-order valence-electron chi connectivity index (χ0n) is 13.6. The molecule has 1 aliphatic rings. The summed E-state index contributed by atoms with van der Waals surface area (Å²) in [7, 11) is 0. The fourth-order valence-electron chi connectivity index (χ4n) is 3.09. The molecule has 1 aromatic carbocycles. The summed E-state index contributed by atoms with van der Waals surface area (Å²) in [5, 5.41) is 19.6. The zero-order chi connectivity index (χ0) is 17.2. The first-order valence-corrected chi connectivity index (χ1v) is 8.18. The molecule has 0 amide bonds. The highest BCUT2D eigenvalue weighted by Crippen LogP contribution is 2.30. The van der Waals surface area contributed by atoms with Gasteiger partial charge in [-0.25, -0.2) is 9.97 Å². The Morgan fingerprint density at radius 1 is 1.08 bits per heavy atom. The first-order chi connectivity index (χ1) is 12.2. The van der Waals surface area contributed by atoms with Crippen LogP contribution in [0, 0.1) is 0 Å². The lowest BCUT2D eigenvalue weighted by atomic mass is 10.1. The lowest BCUT2D eigenvalue weighted by molar-refractivity contribution is 0.239. The molecule has 126 valence electrons. The smallest absolute Gasteiger partial charge is 0.161 e. The molecule has 6 nitrogen and oxygen atoms in total. The van der Waals surface area contributed by atoms with E-state index in [9.17, 15) is 10.2 Å². The summed E-state index contributed by atoms with van der Waals surface area (Å²) in [6, 6.07) is 8.88. The average Bonchev–Trinajstić information content (AvgIpc) is 2.66. The van der Waals surface area contributed by atoms with Gasteiger partial charge in [0, 0.05) is 61.3 Å². The molecule has 3 heterocycles. The normalized spacial score (nSPS) is 14.2. The number of para-hydroxylation sites is 1. The van der Waals surface area contributed by atoms with E-state index in [1.54, 1.807) is 18.5 Å². The molecule has 0 bridgehead atoms. The van der Waals surface area contributed by atoms with Gasteiger partial charge in [-0.15, -0.1) is 0 Å². The van der Waals surface area contributed by atoms with Gasteiger partial charge in [0.15, 0.2) is 17.3 Å². The Morgan fingerprint density at radius 3 is 2.84 bits per heavy atom. The Bertz CT molecular complexity index is 899. The van der Waals surface area contributed by atoms with E-state index in [0.717, 1.165) is 41.9 Å². The van der Waals surface area contributed by atoms with Crippen LogP contribution in [0.25, 0.3) is 11.4 Å². The van der Waals surface area contributed by atoms with Crippen LogP contribution in [0.15, 0.2) is 48.9 Å². The molecule has 4 rings (SSSR count). The standard InChI is InChI=1S/C19H18N4O2/c24-17-5-1-3-14(18(17)25)11-23-8-6-16-15(12-23)10-21-19(22-16)13-4-2-7-20-9-13/h1-5,7,9-10,24-25H,6,8,11-12H2. The van der Waals surface area contributed by atoms with Gasteiger partial charge >= 0.3 is 0 Å². The van der Waals surface area contributed by atoms with Crippen LogP contribution in [0.2, 0.25) is 0 Å². The van der Waals surface area contributed by atoms with Crippen LogP contribution in [0.3, 0.4) is 0 Å². The quantitative estimate of drug-likeness (QED) is 0.716. The third-order valence-corrected chi connectivity index (χ3v) is 4.42. The number of rotatable bonds is 3. The van der Waals surface area contributed by atoms with Gasteiger partial charge in [0.2, 0.25) is 0 Å². The molecule has 2 N–H and O–H groups in total. The summed E-state index contributed by atoms with van der Waals surface area (Å²) in [5.41, 5.74) is 3.79. The summed E-state index contributed by atoms with van der Waals surface area (Å²) in [4.78, 5) is 15.5. The number of benzene rings is 1. The second-order valence-electron chi connectivity index (χ2n) is 6.15. The number of nitrogens with zero attached hydrogens (tertiary/aromatic N) is 4. The van der Waals surface area contributed by atoms with Crippen molar-refractivity contribution in [3.05, 3.63) is 65.7 Å². The summed E-state index contributed by atoms with van der Waals surface area (Å²) in [6.45, 7) is 2.13. The van der Waals surface area contributed by atoms with Crippen LogP contribution < -0.4 is 0 Å². The molecule has 0 fully saturated rings. The van der Waals surface area contributed by atoms with Crippen LogP contribution in [0.1, 0.15) is 16.8 Å². The second kappa shape index (κ2) is 6.49. The number of fused-ring (bicyclic) bond motifs is 1. The predicted octanol–water partition coefficient (Wildman–Crippen LogP) is 2.51. The van der Waals surface area contributed by atoms with Crippen LogP contribution in [-0.4, -0.2) is 36.6 Å². The van der Waals surface area contributed by atoms with Crippen molar-refractivity contribution in [2.24, 2.45) is 0 Å². The maximum Gasteiger partial charge on any atom is 0.161 e. The summed E-state index contributed by atoms with van der Waals surface area (Å²) in [6.07, 6.45) is 6.20. The number of hydrogen-bond donors (Lipinski definition) is 2. The largest absolute Gasteiger partial charge is 0.504 e. The van der Waals surface area contributed by atoms with Gasteiger partial charge in [-0.2, -0.15) is 0 Å². The number of aromatic nitrogens is 3. The van der Waals surface area contributed by atoms with Crippen molar-refractivity contribution >= 4 is 0 Å². The van der Waals surface area contributed by atoms with Gasteiger partial charge in [0.25, 0.3) is 0 Å². The first kappa shape index (κ1) is 15.5. The SMILES string of the molecule is Oc1cccc(CN2CCc3nc(-c4cccnc4)ncc3C2)c1O. The fourth-order valence-corrected chi connectivity index (χ4v) is 3.09. The van der Waals surface area contributed by atoms with Gasteiger partial charge in [-0.05, 0) is 18.2 Å². The van der Waals surface area contributed by atoms with Crippen LogP contribution >= 0.6 is 0 Å². The van der Waals surface area contributed by atoms with Crippen LogP contribution in [0.4, 0.5) is 0 Å². The Morgan fingerprint density at radius 2 is 2.00 bits per heavy atom. The van der Waals surface area contributed by atoms with Crippen molar-refractivity contribution in [1.82, 2.24) is 19.9 Å². The van der Waals surface area contributed by atoms with Crippen LogP contribution in [0.5, 0.6) is 11.5 Å². The van der Waals surface area contributed by atoms with E-state index in [-0.39, 0.29) is 11.5 Å². The lowest BCUT2D eigenvalue weighted by Gasteiger charge is -2.28. The highest BCUT2D eigenvalue weighted by molar-refractivity contribution is 5.53. The zero-order valence-corrected chi connectivity index (χ0v) is 13.6. The fraction of sp³-hybridized carbons (Fsp3) is 0.211. The van der Waals surface area contributed by atoms with E-state index >= 15 is 0 Å². The maximum atomic E-state index is 9.98. The highest BCUT2D eigenvalue weighted by atomic mass is 16.3. The van der Waals surface area contributed by atoms with E-state index in [2.05, 4.69) is 19.9 Å². The van der Waals surface area contributed by atoms with E-state index in [0.29, 0.717) is 12.4 Å². The molecule has 0 saturated carbocycles. The van der Waals surface area contributed by atoms with Crippen LogP contribution in [-0.2, 0) is 19.5 Å². The van der Waals surface area contributed by atoms with E-state index in [4.69, 9.17) is 0 Å². The van der Waals surface area contributed by atoms with Gasteiger partial charge in [0.1, 0.15) is 0 Å². The van der Waals surface area contributed by atoms with E-state index < -0.39 is 0 Å². The average molecular weight is 334 g/mol. The number of phenols is 2. The number of aromatic hydroxyl groups is 2. The van der Waals surface area contributed by atoms with E-state index in [1.165, 1.54) is 6.07 Å². The molecule has 0 spiro atoms. The summed E-state index contributed by atoms with van der Waals surface area (Å²) in [5.74, 6) is 0.571. The molecular formula is C19H18N4O2.